The van der Waals surface area contributed by atoms with E-state index in [1.165, 1.54) is 12.1 Å². The third-order valence-corrected chi connectivity index (χ3v) is 5.37. The number of nitrogens with one attached hydrogen (secondary N) is 1. The first-order valence-electron chi connectivity index (χ1n) is 9.54. The molecule has 0 atom stereocenters. The zero-order valence-corrected chi connectivity index (χ0v) is 15.5. The number of benzene rings is 1. The van der Waals surface area contributed by atoms with Crippen LogP contribution in [0.15, 0.2) is 24.3 Å². The Kier molecular flexibility index (Phi) is 5.52. The molecule has 0 aliphatic carbocycles. The molecule has 3 heterocycles. The van der Waals surface area contributed by atoms with Gasteiger partial charge in [-0.1, -0.05) is 12.1 Å². The van der Waals surface area contributed by atoms with Crippen LogP contribution in [0.1, 0.15) is 36.0 Å². The molecule has 2 aliphatic rings. The van der Waals surface area contributed by atoms with E-state index in [-0.39, 0.29) is 18.1 Å². The van der Waals surface area contributed by atoms with E-state index in [0.717, 1.165) is 49.7 Å². The predicted molar refractivity (Wildman–Crippen MR) is 97.1 cm³/mol. The topological polar surface area (TPSA) is 72.3 Å². The van der Waals surface area contributed by atoms with Crippen LogP contribution < -0.4 is 10.1 Å². The third-order valence-electron chi connectivity index (χ3n) is 5.37. The molecule has 9 heteroatoms. The van der Waals surface area contributed by atoms with Gasteiger partial charge in [-0.2, -0.15) is 8.78 Å². The molecule has 28 heavy (non-hydrogen) atoms. The van der Waals surface area contributed by atoms with Gasteiger partial charge in [-0.3, -0.25) is 4.79 Å². The van der Waals surface area contributed by atoms with Crippen molar-refractivity contribution in [3.05, 3.63) is 41.5 Å². The number of hydrogen-bond donors (Lipinski definition) is 1. The van der Waals surface area contributed by atoms with E-state index in [1.807, 2.05) is 4.90 Å². The lowest BCUT2D eigenvalue weighted by atomic mass is 9.95. The second kappa shape index (κ2) is 8.22. The smallest absolute Gasteiger partial charge is 0.387 e. The number of fused-ring (bicyclic) bond motifs is 1. The first kappa shape index (κ1) is 18.8. The van der Waals surface area contributed by atoms with Crippen molar-refractivity contribution in [1.82, 2.24) is 25.0 Å². The van der Waals surface area contributed by atoms with E-state index in [9.17, 15) is 13.6 Å². The van der Waals surface area contributed by atoms with Gasteiger partial charge in [-0.25, -0.2) is 0 Å². The van der Waals surface area contributed by atoms with Gasteiger partial charge in [0.2, 0.25) is 5.91 Å². The minimum atomic E-state index is -2.85. The standard InChI is InChI=1S/C19H23F2N5O2/c20-19(21)28-15-3-1-13(2-4-15)11-17(27)25-8-5-14(6-9-25)18-24-23-16-12-22-7-10-26(16)18/h1-4,14,19,22H,5-12H2. The van der Waals surface area contributed by atoms with Gasteiger partial charge in [-0.05, 0) is 30.5 Å². The SMILES string of the molecule is O=C(Cc1ccc(OC(F)F)cc1)N1CCC(c2nnc3n2CCNC3)CC1. The molecule has 2 aromatic rings. The highest BCUT2D eigenvalue weighted by atomic mass is 19.3. The first-order valence-corrected chi connectivity index (χ1v) is 9.54. The summed E-state index contributed by atoms with van der Waals surface area (Å²) < 4.78 is 31.0. The Morgan fingerprint density at radius 2 is 1.93 bits per heavy atom. The largest absolute Gasteiger partial charge is 0.435 e. The van der Waals surface area contributed by atoms with Crippen molar-refractivity contribution in [3.63, 3.8) is 0 Å². The highest BCUT2D eigenvalue weighted by Gasteiger charge is 2.28. The number of hydrogen-bond acceptors (Lipinski definition) is 5. The van der Waals surface area contributed by atoms with E-state index < -0.39 is 6.61 Å². The van der Waals surface area contributed by atoms with Crippen LogP contribution in [0.4, 0.5) is 8.78 Å². The fourth-order valence-corrected chi connectivity index (χ4v) is 3.88. The zero-order chi connectivity index (χ0) is 19.5. The summed E-state index contributed by atoms with van der Waals surface area (Å²) in [5.74, 6) is 2.50. The molecular formula is C19H23F2N5O2. The Morgan fingerprint density at radius 3 is 2.64 bits per heavy atom. The van der Waals surface area contributed by atoms with Gasteiger partial charge in [0.1, 0.15) is 17.4 Å². The minimum Gasteiger partial charge on any atom is -0.435 e. The lowest BCUT2D eigenvalue weighted by molar-refractivity contribution is -0.131. The number of carbonyl (C=O) groups is 1. The number of amides is 1. The summed E-state index contributed by atoms with van der Waals surface area (Å²) in [4.78, 5) is 14.5. The van der Waals surface area contributed by atoms with E-state index in [4.69, 9.17) is 0 Å². The molecule has 1 amide bonds. The molecule has 1 aromatic carbocycles. The van der Waals surface area contributed by atoms with E-state index in [0.29, 0.717) is 19.0 Å². The Bertz CT molecular complexity index is 816. The highest BCUT2D eigenvalue weighted by molar-refractivity contribution is 5.78. The number of piperidine rings is 1. The Hall–Kier alpha value is -2.55. The van der Waals surface area contributed by atoms with Gasteiger partial charge in [0, 0.05) is 32.1 Å². The normalized spacial score (nSPS) is 17.6. The second-order valence-corrected chi connectivity index (χ2v) is 7.16. The quantitative estimate of drug-likeness (QED) is 0.843. The van der Waals surface area contributed by atoms with Crippen molar-refractivity contribution in [3.8, 4) is 5.75 Å². The molecule has 0 radical (unpaired) electrons. The fourth-order valence-electron chi connectivity index (χ4n) is 3.88. The van der Waals surface area contributed by atoms with Gasteiger partial charge in [0.05, 0.1) is 13.0 Å². The number of halogens is 2. The van der Waals surface area contributed by atoms with Gasteiger partial charge in [0.15, 0.2) is 0 Å². The van der Waals surface area contributed by atoms with Gasteiger partial charge < -0.3 is 19.5 Å². The molecule has 1 saturated heterocycles. The summed E-state index contributed by atoms with van der Waals surface area (Å²) in [5.41, 5.74) is 0.785. The summed E-state index contributed by atoms with van der Waals surface area (Å²) >= 11 is 0. The fraction of sp³-hybridized carbons (Fsp3) is 0.526. The number of rotatable bonds is 5. The number of aromatic nitrogens is 3. The summed E-state index contributed by atoms with van der Waals surface area (Å²) in [6.45, 7) is 1.11. The molecule has 1 aromatic heterocycles. The molecule has 1 N–H and O–H groups in total. The summed E-state index contributed by atoms with van der Waals surface area (Å²) in [7, 11) is 0. The molecule has 1 fully saturated rings. The Labute approximate surface area is 161 Å². The van der Waals surface area contributed by atoms with Crippen molar-refractivity contribution >= 4 is 5.91 Å². The molecule has 150 valence electrons. The number of ether oxygens (including phenoxy) is 1. The van der Waals surface area contributed by atoms with Crippen molar-refractivity contribution in [2.24, 2.45) is 0 Å². The van der Waals surface area contributed by atoms with Gasteiger partial charge >= 0.3 is 6.61 Å². The van der Waals surface area contributed by atoms with E-state index in [2.05, 4.69) is 24.8 Å². The van der Waals surface area contributed by atoms with Crippen LogP contribution >= 0.6 is 0 Å². The number of nitrogens with zero attached hydrogens (tertiary/aromatic N) is 4. The maximum Gasteiger partial charge on any atom is 0.387 e. The molecule has 2 aliphatic heterocycles. The molecule has 7 nitrogen and oxygen atoms in total. The maximum atomic E-state index is 12.6. The highest BCUT2D eigenvalue weighted by Crippen LogP contribution is 2.28. The summed E-state index contributed by atoms with van der Waals surface area (Å²) in [5, 5.41) is 12.0. The minimum absolute atomic E-state index is 0.0495. The van der Waals surface area contributed by atoms with Crippen molar-refractivity contribution in [2.45, 2.75) is 44.9 Å². The average molecular weight is 391 g/mol. The van der Waals surface area contributed by atoms with Crippen LogP contribution in [-0.2, 0) is 24.3 Å². The second-order valence-electron chi connectivity index (χ2n) is 7.16. The van der Waals surface area contributed by atoms with Crippen molar-refractivity contribution in [1.29, 1.82) is 0 Å². The van der Waals surface area contributed by atoms with Crippen molar-refractivity contribution in [2.75, 3.05) is 19.6 Å². The van der Waals surface area contributed by atoms with Crippen LogP contribution in [0.5, 0.6) is 5.75 Å². The number of alkyl halides is 2. The number of likely N-dealkylation sites (tertiary alicyclic amines) is 1. The lowest BCUT2D eigenvalue weighted by Crippen LogP contribution is -2.39. The van der Waals surface area contributed by atoms with Gasteiger partial charge in [0.25, 0.3) is 0 Å². The molecular weight excluding hydrogens is 368 g/mol. The van der Waals surface area contributed by atoms with E-state index >= 15 is 0 Å². The maximum absolute atomic E-state index is 12.6. The predicted octanol–water partition coefficient (Wildman–Crippen LogP) is 1.93. The zero-order valence-electron chi connectivity index (χ0n) is 15.5. The molecule has 0 bridgehead atoms. The molecule has 0 spiro atoms. The number of carbonyl (C=O) groups excluding carboxylic acids is 1. The first-order chi connectivity index (χ1) is 13.6. The van der Waals surface area contributed by atoms with Crippen molar-refractivity contribution < 1.29 is 18.3 Å². The lowest BCUT2D eigenvalue weighted by Gasteiger charge is -2.32. The summed E-state index contributed by atoms with van der Waals surface area (Å²) in [6, 6.07) is 6.23. The van der Waals surface area contributed by atoms with Crippen LogP contribution in [-0.4, -0.2) is 51.8 Å². The molecule has 4 rings (SSSR count). The van der Waals surface area contributed by atoms with E-state index in [1.54, 1.807) is 12.1 Å². The van der Waals surface area contributed by atoms with Crippen LogP contribution in [0.2, 0.25) is 0 Å². The third kappa shape index (κ3) is 4.14. The van der Waals surface area contributed by atoms with Crippen LogP contribution in [0.3, 0.4) is 0 Å². The molecule has 0 saturated carbocycles. The Balaban J connectivity index is 1.31. The van der Waals surface area contributed by atoms with Crippen LogP contribution in [0.25, 0.3) is 0 Å². The summed E-state index contributed by atoms with van der Waals surface area (Å²) in [6.07, 6.45) is 2.00. The van der Waals surface area contributed by atoms with Crippen LogP contribution in [0, 0.1) is 0 Å². The van der Waals surface area contributed by atoms with Gasteiger partial charge in [-0.15, -0.1) is 10.2 Å². The molecule has 0 unspecified atom stereocenters. The monoisotopic (exact) mass is 391 g/mol. The average Bonchev–Trinajstić information content (AvgIpc) is 3.13. The Morgan fingerprint density at radius 1 is 1.18 bits per heavy atom.